The van der Waals surface area contributed by atoms with E-state index in [-0.39, 0.29) is 12.3 Å². The number of benzene rings is 2. The maximum atomic E-state index is 12.6. The van der Waals surface area contributed by atoms with Crippen LogP contribution in [-0.4, -0.2) is 21.5 Å². The summed E-state index contributed by atoms with van der Waals surface area (Å²) in [5.74, 6) is 0. The first-order valence-corrected chi connectivity index (χ1v) is 8.93. The van der Waals surface area contributed by atoms with E-state index in [1.165, 1.54) is 4.68 Å². The fourth-order valence-electron chi connectivity index (χ4n) is 2.60. The first-order valence-electron chi connectivity index (χ1n) is 8.93. The first kappa shape index (κ1) is 19.6. The minimum absolute atomic E-state index is 0.0571. The maximum Gasteiger partial charge on any atom is 0.412 e. The van der Waals surface area contributed by atoms with Crippen molar-refractivity contribution in [1.82, 2.24) is 9.78 Å². The molecule has 3 rings (SSSR count). The number of carbonyl (C=O) groups is 1. The van der Waals surface area contributed by atoms with Crippen molar-refractivity contribution in [1.29, 1.82) is 0 Å². The van der Waals surface area contributed by atoms with Crippen molar-refractivity contribution in [3.8, 4) is 0 Å². The van der Waals surface area contributed by atoms with Gasteiger partial charge in [0.15, 0.2) is 0 Å². The van der Waals surface area contributed by atoms with Gasteiger partial charge in [-0.05, 0) is 44.5 Å². The summed E-state index contributed by atoms with van der Waals surface area (Å²) in [6.45, 7) is 5.82. The molecule has 0 saturated carbocycles. The second kappa shape index (κ2) is 8.22. The third-order valence-corrected chi connectivity index (χ3v) is 3.82. The van der Waals surface area contributed by atoms with Crippen molar-refractivity contribution in [2.45, 2.75) is 39.7 Å². The van der Waals surface area contributed by atoms with Crippen LogP contribution in [0.25, 0.3) is 10.8 Å². The van der Waals surface area contributed by atoms with Crippen LogP contribution in [0.2, 0.25) is 0 Å². The van der Waals surface area contributed by atoms with Crippen LogP contribution in [0, 0.1) is 0 Å². The SMILES string of the molecule is CC(C)(C)OC(=O)Nc1ccc2c(=O)n(COCc3ccccc3)ncc2c1. The Labute approximate surface area is 162 Å². The summed E-state index contributed by atoms with van der Waals surface area (Å²) in [4.78, 5) is 24.5. The van der Waals surface area contributed by atoms with Gasteiger partial charge in [0.2, 0.25) is 0 Å². The van der Waals surface area contributed by atoms with Crippen molar-refractivity contribution in [3.05, 3.63) is 70.6 Å². The lowest BCUT2D eigenvalue weighted by atomic mass is 10.2. The molecule has 1 heterocycles. The molecule has 1 aromatic heterocycles. The molecule has 0 aliphatic rings. The quantitative estimate of drug-likeness (QED) is 0.724. The Kier molecular flexibility index (Phi) is 5.75. The van der Waals surface area contributed by atoms with Gasteiger partial charge in [0.25, 0.3) is 5.56 Å². The molecule has 1 amide bonds. The van der Waals surface area contributed by atoms with Crippen LogP contribution in [0.15, 0.2) is 59.5 Å². The third-order valence-electron chi connectivity index (χ3n) is 3.82. The van der Waals surface area contributed by atoms with Gasteiger partial charge < -0.3 is 9.47 Å². The Balaban J connectivity index is 1.70. The van der Waals surface area contributed by atoms with Gasteiger partial charge in [0.05, 0.1) is 18.2 Å². The summed E-state index contributed by atoms with van der Waals surface area (Å²) in [6.07, 6.45) is 1.02. The number of hydrogen-bond donors (Lipinski definition) is 1. The molecule has 3 aromatic rings. The number of carbonyl (C=O) groups excluding carboxylic acids is 1. The van der Waals surface area contributed by atoms with Gasteiger partial charge in [-0.1, -0.05) is 30.3 Å². The lowest BCUT2D eigenvalue weighted by Gasteiger charge is -2.19. The van der Waals surface area contributed by atoms with Gasteiger partial charge in [-0.15, -0.1) is 0 Å². The van der Waals surface area contributed by atoms with E-state index in [0.29, 0.717) is 23.1 Å². The monoisotopic (exact) mass is 381 g/mol. The summed E-state index contributed by atoms with van der Waals surface area (Å²) < 4.78 is 12.1. The van der Waals surface area contributed by atoms with Crippen LogP contribution in [0.3, 0.4) is 0 Å². The zero-order chi connectivity index (χ0) is 20.1. The third kappa shape index (κ3) is 5.17. The molecule has 2 aromatic carbocycles. The molecule has 0 radical (unpaired) electrons. The maximum absolute atomic E-state index is 12.6. The number of aromatic nitrogens is 2. The summed E-state index contributed by atoms with van der Waals surface area (Å²) in [7, 11) is 0. The highest BCUT2D eigenvalue weighted by molar-refractivity contribution is 5.90. The fourth-order valence-corrected chi connectivity index (χ4v) is 2.60. The van der Waals surface area contributed by atoms with Crippen LogP contribution in [-0.2, 0) is 22.8 Å². The Morgan fingerprint density at radius 3 is 2.61 bits per heavy atom. The molecule has 0 atom stereocenters. The number of hydrogen-bond acceptors (Lipinski definition) is 5. The molecular weight excluding hydrogens is 358 g/mol. The topological polar surface area (TPSA) is 82.5 Å². The number of amides is 1. The van der Waals surface area contributed by atoms with Gasteiger partial charge >= 0.3 is 6.09 Å². The number of anilines is 1. The predicted octanol–water partition coefficient (Wildman–Crippen LogP) is 3.92. The van der Waals surface area contributed by atoms with Gasteiger partial charge in [-0.2, -0.15) is 5.10 Å². The van der Waals surface area contributed by atoms with Gasteiger partial charge in [-0.25, -0.2) is 9.48 Å². The van der Waals surface area contributed by atoms with Crippen LogP contribution >= 0.6 is 0 Å². The van der Waals surface area contributed by atoms with E-state index < -0.39 is 11.7 Å². The number of rotatable bonds is 5. The van der Waals surface area contributed by atoms with Crippen LogP contribution in [0.5, 0.6) is 0 Å². The van der Waals surface area contributed by atoms with E-state index in [4.69, 9.17) is 9.47 Å². The Hall–Kier alpha value is -3.19. The molecule has 7 heteroatoms. The fraction of sp³-hybridized carbons (Fsp3) is 0.286. The predicted molar refractivity (Wildman–Crippen MR) is 107 cm³/mol. The van der Waals surface area contributed by atoms with Crippen LogP contribution in [0.1, 0.15) is 26.3 Å². The second-order valence-corrected chi connectivity index (χ2v) is 7.34. The van der Waals surface area contributed by atoms with Gasteiger partial charge in [0, 0.05) is 11.1 Å². The molecule has 0 unspecified atom stereocenters. The van der Waals surface area contributed by atoms with E-state index in [1.807, 2.05) is 30.3 Å². The summed E-state index contributed by atoms with van der Waals surface area (Å²) in [5, 5.41) is 7.92. The molecule has 0 spiro atoms. The first-order chi connectivity index (χ1) is 13.3. The normalized spacial score (nSPS) is 11.4. The van der Waals surface area contributed by atoms with Crippen molar-refractivity contribution in [3.63, 3.8) is 0 Å². The summed E-state index contributed by atoms with van der Waals surface area (Å²) >= 11 is 0. The minimum atomic E-state index is -0.587. The molecule has 0 saturated heterocycles. The second-order valence-electron chi connectivity index (χ2n) is 7.34. The van der Waals surface area contributed by atoms with Crippen molar-refractivity contribution in [2.24, 2.45) is 0 Å². The zero-order valence-electron chi connectivity index (χ0n) is 16.1. The molecule has 146 valence electrons. The minimum Gasteiger partial charge on any atom is -0.444 e. The average molecular weight is 381 g/mol. The average Bonchev–Trinajstić information content (AvgIpc) is 2.63. The Morgan fingerprint density at radius 1 is 1.14 bits per heavy atom. The molecule has 0 bridgehead atoms. The zero-order valence-corrected chi connectivity index (χ0v) is 16.1. The highest BCUT2D eigenvalue weighted by Gasteiger charge is 2.16. The molecule has 28 heavy (non-hydrogen) atoms. The highest BCUT2D eigenvalue weighted by atomic mass is 16.6. The highest BCUT2D eigenvalue weighted by Crippen LogP contribution is 2.17. The largest absolute Gasteiger partial charge is 0.444 e. The Morgan fingerprint density at radius 2 is 1.89 bits per heavy atom. The molecule has 1 N–H and O–H groups in total. The van der Waals surface area contributed by atoms with E-state index in [9.17, 15) is 9.59 Å². The van der Waals surface area contributed by atoms with Gasteiger partial charge in [-0.3, -0.25) is 10.1 Å². The number of nitrogens with zero attached hydrogens (tertiary/aromatic N) is 2. The van der Waals surface area contributed by atoms with Crippen LogP contribution in [0.4, 0.5) is 10.5 Å². The lowest BCUT2D eigenvalue weighted by Crippen LogP contribution is -2.27. The lowest BCUT2D eigenvalue weighted by molar-refractivity contribution is 0.0533. The van der Waals surface area contributed by atoms with Crippen LogP contribution < -0.4 is 10.9 Å². The van der Waals surface area contributed by atoms with Crippen molar-refractivity contribution in [2.75, 3.05) is 5.32 Å². The number of fused-ring (bicyclic) bond motifs is 1. The van der Waals surface area contributed by atoms with E-state index in [0.717, 1.165) is 5.56 Å². The standard InChI is InChI=1S/C21H23N3O4/c1-21(2,3)28-20(26)23-17-9-10-18-16(11-17)12-22-24(19(18)25)14-27-13-15-7-5-4-6-8-15/h4-12H,13-14H2,1-3H3,(H,23,26). The van der Waals surface area contributed by atoms with E-state index in [1.54, 1.807) is 45.2 Å². The van der Waals surface area contributed by atoms with Gasteiger partial charge in [0.1, 0.15) is 12.3 Å². The molecule has 7 nitrogen and oxygen atoms in total. The van der Waals surface area contributed by atoms with Crippen molar-refractivity contribution < 1.29 is 14.3 Å². The molecule has 0 aliphatic heterocycles. The smallest absolute Gasteiger partial charge is 0.412 e. The summed E-state index contributed by atoms with van der Waals surface area (Å²) in [6, 6.07) is 14.7. The number of nitrogens with one attached hydrogen (secondary N) is 1. The molecule has 0 aliphatic carbocycles. The molecular formula is C21H23N3O4. The Bertz CT molecular complexity index is 1020. The van der Waals surface area contributed by atoms with E-state index >= 15 is 0 Å². The van der Waals surface area contributed by atoms with E-state index in [2.05, 4.69) is 10.4 Å². The molecule has 0 fully saturated rings. The summed E-state index contributed by atoms with van der Waals surface area (Å²) in [5.41, 5.74) is 0.709. The van der Waals surface area contributed by atoms with Crippen molar-refractivity contribution >= 4 is 22.6 Å². The number of ether oxygens (including phenoxy) is 2.